The van der Waals surface area contributed by atoms with Crippen molar-refractivity contribution < 1.29 is 13.5 Å². The molecule has 3 atom stereocenters. The van der Waals surface area contributed by atoms with Gasteiger partial charge >= 0.3 is 0 Å². The number of thiazole rings is 1. The predicted molar refractivity (Wildman–Crippen MR) is 161 cm³/mol. The van der Waals surface area contributed by atoms with Crippen LogP contribution in [0.3, 0.4) is 0 Å². The molecule has 8 nitrogen and oxygen atoms in total. The summed E-state index contributed by atoms with van der Waals surface area (Å²) in [7, 11) is 1.81. The van der Waals surface area contributed by atoms with Crippen molar-refractivity contribution in [2.24, 2.45) is 0 Å². The number of anilines is 1. The predicted octanol–water partition coefficient (Wildman–Crippen LogP) is 6.29. The molecule has 0 fully saturated rings. The first kappa shape index (κ1) is 27.0. The van der Waals surface area contributed by atoms with Crippen molar-refractivity contribution in [1.82, 2.24) is 24.1 Å². The number of aromatic nitrogens is 5. The van der Waals surface area contributed by atoms with Gasteiger partial charge < -0.3 is 10.5 Å². The molecule has 0 radical (unpaired) electrons. The quantitative estimate of drug-likeness (QED) is 0.229. The van der Waals surface area contributed by atoms with Gasteiger partial charge in [0, 0.05) is 16.6 Å². The highest BCUT2D eigenvalue weighted by Gasteiger charge is 2.26. The van der Waals surface area contributed by atoms with Crippen molar-refractivity contribution in [3.63, 3.8) is 0 Å². The molecule has 0 bridgehead atoms. The van der Waals surface area contributed by atoms with E-state index in [0.29, 0.717) is 27.9 Å². The Morgan fingerprint density at radius 1 is 1.10 bits per heavy atom. The lowest BCUT2D eigenvalue weighted by Crippen LogP contribution is -2.21. The highest BCUT2D eigenvalue weighted by Crippen LogP contribution is 2.37. The molecule has 12 heteroatoms. The first-order valence-electron chi connectivity index (χ1n) is 12.7. The number of nitrogen functional groups attached to an aromatic ring is 1. The van der Waals surface area contributed by atoms with Crippen LogP contribution in [0.1, 0.15) is 29.8 Å². The Labute approximate surface area is 239 Å². The molecule has 208 valence electrons. The first-order valence-corrected chi connectivity index (χ1v) is 14.2. The van der Waals surface area contributed by atoms with Crippen LogP contribution in [-0.2, 0) is 0 Å². The van der Waals surface area contributed by atoms with Crippen molar-refractivity contribution in [3.8, 4) is 28.1 Å². The zero-order chi connectivity index (χ0) is 29.0. The maximum atomic E-state index is 14.9. The zero-order valence-electron chi connectivity index (χ0n) is 22.3. The van der Waals surface area contributed by atoms with Crippen LogP contribution in [0.25, 0.3) is 38.2 Å². The van der Waals surface area contributed by atoms with Gasteiger partial charge in [0.25, 0.3) is 5.56 Å². The fourth-order valence-corrected chi connectivity index (χ4v) is 6.18. The van der Waals surface area contributed by atoms with Crippen LogP contribution in [0.15, 0.2) is 65.0 Å². The number of aryl methyl sites for hydroxylation is 2. The van der Waals surface area contributed by atoms with E-state index in [1.165, 1.54) is 29.8 Å². The molecule has 2 unspecified atom stereocenters. The smallest absolute Gasteiger partial charge is 0.264 e. The maximum Gasteiger partial charge on any atom is 0.264 e. The molecule has 41 heavy (non-hydrogen) atoms. The molecule has 0 aliphatic rings. The second-order valence-electron chi connectivity index (χ2n) is 9.74. The molecule has 2 aromatic carbocycles. The lowest BCUT2D eigenvalue weighted by atomic mass is 9.96. The third-order valence-electron chi connectivity index (χ3n) is 6.99. The van der Waals surface area contributed by atoms with Gasteiger partial charge in [-0.25, -0.2) is 19.0 Å². The van der Waals surface area contributed by atoms with E-state index < -0.39 is 18.0 Å². The Morgan fingerprint density at radius 2 is 1.90 bits per heavy atom. The van der Waals surface area contributed by atoms with Crippen molar-refractivity contribution in [2.75, 3.05) is 5.73 Å². The van der Waals surface area contributed by atoms with Crippen molar-refractivity contribution in [3.05, 3.63) is 93.2 Å². The van der Waals surface area contributed by atoms with E-state index in [-0.39, 0.29) is 17.1 Å². The average molecular weight is 591 g/mol. The summed E-state index contributed by atoms with van der Waals surface area (Å²) in [5.41, 5.74) is 11.3. The minimum Gasteiger partial charge on any atom is -0.454 e. The Balaban J connectivity index is 1.59. The average Bonchev–Trinajstić information content (AvgIpc) is 3.51. The van der Waals surface area contributed by atoms with E-state index in [9.17, 15) is 13.6 Å². The Morgan fingerprint density at radius 3 is 2.63 bits per heavy atom. The van der Waals surface area contributed by atoms with Gasteiger partial charge in [0.2, 0.25) is 6.10 Å². The van der Waals surface area contributed by atoms with Crippen LogP contribution in [0.2, 0.25) is 0 Å². The summed E-state index contributed by atoms with van der Waals surface area (Å²) in [4.78, 5) is 23.4. The van der Waals surface area contributed by atoms with Crippen LogP contribution in [0.5, 0.6) is 5.75 Å². The van der Waals surface area contributed by atoms with Gasteiger partial charge in [-0.2, -0.15) is 9.49 Å². The Kier molecular flexibility index (Phi) is 6.79. The molecule has 0 saturated heterocycles. The Hall–Kier alpha value is -4.21. The van der Waals surface area contributed by atoms with Gasteiger partial charge in [-0.1, -0.05) is 39.1 Å². The second-order valence-corrected chi connectivity index (χ2v) is 11.2. The summed E-state index contributed by atoms with van der Waals surface area (Å²) < 4.78 is 36.4. The largest absolute Gasteiger partial charge is 0.454 e. The molecule has 0 spiro atoms. The van der Waals surface area contributed by atoms with E-state index in [0.717, 1.165) is 27.2 Å². The van der Waals surface area contributed by atoms with Gasteiger partial charge in [-0.05, 0) is 56.2 Å². The van der Waals surface area contributed by atoms with Crippen LogP contribution < -0.4 is 16.0 Å². The topological polar surface area (TPSA) is 100 Å². The number of hydrogen-bond donors (Lipinski definition) is 1. The number of rotatable bonds is 6. The molecule has 6 rings (SSSR count). The van der Waals surface area contributed by atoms with Crippen LogP contribution in [0.4, 0.5) is 14.6 Å². The molecule has 6 aromatic rings. The number of halogens is 2. The first-order chi connectivity index (χ1) is 19.6. The van der Waals surface area contributed by atoms with Gasteiger partial charge in [0.15, 0.2) is 17.2 Å². The van der Waals surface area contributed by atoms with E-state index >= 15 is 0 Å². The monoisotopic (exact) mass is 590 g/mol. The minimum atomic E-state index is -1.75. The van der Waals surface area contributed by atoms with Gasteiger partial charge in [-0.15, -0.1) is 11.3 Å². The highest BCUT2D eigenvalue weighted by atomic mass is 32.1. The SMILES string of the molecule is Cc1cccc(-c2c([C@H](C)n3nc(-c4ccc(OC(F)P)c(F)c4)c4c(N)ncnc43)cc3scc(C)n3c2=O)c1. The van der Waals surface area contributed by atoms with Crippen molar-refractivity contribution in [2.45, 2.75) is 32.9 Å². The van der Waals surface area contributed by atoms with Crippen LogP contribution in [-0.4, -0.2) is 30.2 Å². The molecule has 0 aliphatic carbocycles. The molecule has 4 heterocycles. The van der Waals surface area contributed by atoms with Gasteiger partial charge in [0.05, 0.1) is 17.0 Å². The molecular formula is C29H25F2N6O2PS. The second kappa shape index (κ2) is 10.3. The lowest BCUT2D eigenvalue weighted by molar-refractivity contribution is 0.147. The maximum absolute atomic E-state index is 14.9. The molecule has 2 N–H and O–H groups in total. The van der Waals surface area contributed by atoms with Crippen molar-refractivity contribution in [1.29, 1.82) is 0 Å². The summed E-state index contributed by atoms with van der Waals surface area (Å²) in [6.07, 6.45) is -0.414. The highest BCUT2D eigenvalue weighted by molar-refractivity contribution is 7.17. The Bertz CT molecular complexity index is 2020. The number of alkyl halides is 1. The van der Waals surface area contributed by atoms with Gasteiger partial charge in [-0.3, -0.25) is 9.20 Å². The number of nitrogens with two attached hydrogens (primary N) is 1. The minimum absolute atomic E-state index is 0.127. The fourth-order valence-electron chi connectivity index (χ4n) is 5.11. The van der Waals surface area contributed by atoms with Crippen LogP contribution >= 0.6 is 20.6 Å². The number of hydrogen-bond acceptors (Lipinski definition) is 7. The fraction of sp³-hybridized carbons (Fsp3) is 0.172. The number of ether oxygens (including phenoxy) is 1. The number of nitrogens with zero attached hydrogens (tertiary/aromatic N) is 5. The lowest BCUT2D eigenvalue weighted by Gasteiger charge is -2.18. The van der Waals surface area contributed by atoms with Crippen LogP contribution in [0, 0.1) is 19.7 Å². The number of benzene rings is 2. The summed E-state index contributed by atoms with van der Waals surface area (Å²) in [5, 5.41) is 7.22. The third kappa shape index (κ3) is 4.65. The molecular weight excluding hydrogens is 565 g/mol. The number of pyridine rings is 1. The summed E-state index contributed by atoms with van der Waals surface area (Å²) in [6, 6.07) is 13.4. The molecule has 4 aromatic heterocycles. The van der Waals surface area contributed by atoms with E-state index in [1.807, 2.05) is 65.7 Å². The normalized spacial score (nSPS) is 13.1. The molecule has 0 saturated carbocycles. The zero-order valence-corrected chi connectivity index (χ0v) is 24.3. The summed E-state index contributed by atoms with van der Waals surface area (Å²) in [5.74, 6) is -0.825. The van der Waals surface area contributed by atoms with E-state index in [2.05, 4.69) is 9.97 Å². The summed E-state index contributed by atoms with van der Waals surface area (Å²) >= 11 is 1.48. The summed E-state index contributed by atoms with van der Waals surface area (Å²) in [6.45, 7) is 5.81. The van der Waals surface area contributed by atoms with E-state index in [1.54, 1.807) is 15.1 Å². The van der Waals surface area contributed by atoms with E-state index in [4.69, 9.17) is 15.6 Å². The standard InChI is InChI=1S/C29H25F2N6O2PS/c1-14-5-4-6-17(9-14)23-19(11-22-36(28(23)38)15(2)12-41-22)16(3)37-27-24(26(32)33-13-34-27)25(35-37)18-7-8-21(20(30)10-18)39-29(31)40/h4-13,16,29H,40H2,1-3H3,(H2,32,33,34)/t16-,29?/m0/s1. The van der Waals surface area contributed by atoms with Crippen molar-refractivity contribution >= 4 is 42.3 Å². The number of fused-ring (bicyclic) bond motifs is 2. The molecule has 0 amide bonds. The van der Waals surface area contributed by atoms with Gasteiger partial charge in [0.1, 0.15) is 22.7 Å². The third-order valence-corrected chi connectivity index (χ3v) is 8.13. The molecule has 0 aliphatic heterocycles.